The second-order valence-corrected chi connectivity index (χ2v) is 9.77. The molecule has 10 heteroatoms. The zero-order chi connectivity index (χ0) is 25.2. The molecule has 6 nitrogen and oxygen atoms in total. The van der Waals surface area contributed by atoms with E-state index in [9.17, 15) is 13.2 Å². The van der Waals surface area contributed by atoms with E-state index in [-0.39, 0.29) is 17.9 Å². The van der Waals surface area contributed by atoms with Crippen LogP contribution >= 0.6 is 11.3 Å². The van der Waals surface area contributed by atoms with Crippen LogP contribution in [0.5, 0.6) is 0 Å². The van der Waals surface area contributed by atoms with Gasteiger partial charge in [0.05, 0.1) is 5.69 Å². The molecule has 5 rings (SSSR count). The van der Waals surface area contributed by atoms with E-state index in [1.807, 2.05) is 35.7 Å². The molecule has 0 bridgehead atoms. The Morgan fingerprint density at radius 1 is 1.03 bits per heavy atom. The third-order valence-corrected chi connectivity index (χ3v) is 7.54. The fourth-order valence-electron chi connectivity index (χ4n) is 4.48. The lowest BCUT2D eigenvalue weighted by Gasteiger charge is -2.37. The van der Waals surface area contributed by atoms with E-state index in [0.717, 1.165) is 16.3 Å². The standard InChI is InChI=1S/C26H25F3N4O2S/c1-17-31-23(33-35-17)20-9-5-8-19(14-20)22(26(27,28)29)30-16-25(10-12-34-13-11-25)24-32-21(15-36-24)18-6-3-2-4-7-18/h2-9,14-15,22,30H,10-13,16H2,1H3. The fourth-order valence-corrected chi connectivity index (χ4v) is 5.57. The van der Waals surface area contributed by atoms with Gasteiger partial charge in [-0.2, -0.15) is 18.2 Å². The second kappa shape index (κ2) is 10.1. The van der Waals surface area contributed by atoms with Crippen molar-refractivity contribution in [2.75, 3.05) is 19.8 Å². The van der Waals surface area contributed by atoms with Gasteiger partial charge in [0.15, 0.2) is 0 Å². The van der Waals surface area contributed by atoms with Crippen LogP contribution in [0.25, 0.3) is 22.6 Å². The minimum atomic E-state index is -4.50. The summed E-state index contributed by atoms with van der Waals surface area (Å²) in [7, 11) is 0. The van der Waals surface area contributed by atoms with Crippen molar-refractivity contribution in [1.82, 2.24) is 20.4 Å². The van der Waals surface area contributed by atoms with Gasteiger partial charge < -0.3 is 14.6 Å². The monoisotopic (exact) mass is 514 g/mol. The van der Waals surface area contributed by atoms with Crippen LogP contribution in [0.2, 0.25) is 0 Å². The van der Waals surface area contributed by atoms with E-state index in [1.165, 1.54) is 23.5 Å². The first kappa shape index (κ1) is 24.6. The summed E-state index contributed by atoms with van der Waals surface area (Å²) in [6, 6.07) is 14.1. The van der Waals surface area contributed by atoms with E-state index < -0.39 is 17.6 Å². The number of hydrogen-bond donors (Lipinski definition) is 1. The average Bonchev–Trinajstić information content (AvgIpc) is 3.55. The van der Waals surface area contributed by atoms with Gasteiger partial charge in [-0.1, -0.05) is 53.7 Å². The summed E-state index contributed by atoms with van der Waals surface area (Å²) >= 11 is 1.49. The van der Waals surface area contributed by atoms with E-state index >= 15 is 0 Å². The number of nitrogens with zero attached hydrogens (tertiary/aromatic N) is 3. The number of thiazole rings is 1. The zero-order valence-electron chi connectivity index (χ0n) is 19.6. The van der Waals surface area contributed by atoms with E-state index in [2.05, 4.69) is 15.5 Å². The average molecular weight is 515 g/mol. The smallest absolute Gasteiger partial charge is 0.381 e. The highest BCUT2D eigenvalue weighted by Gasteiger charge is 2.44. The van der Waals surface area contributed by atoms with Crippen LogP contribution in [0, 0.1) is 6.92 Å². The zero-order valence-corrected chi connectivity index (χ0v) is 20.4. The van der Waals surface area contributed by atoms with Crippen molar-refractivity contribution >= 4 is 11.3 Å². The SMILES string of the molecule is Cc1nc(-c2cccc(C(NCC3(c4nc(-c5ccccc5)cs4)CCOCC3)C(F)(F)F)c2)no1. The van der Waals surface area contributed by atoms with Gasteiger partial charge in [-0.25, -0.2) is 4.98 Å². The number of rotatable bonds is 7. The molecule has 4 aromatic rings. The third kappa shape index (κ3) is 5.21. The molecule has 0 spiro atoms. The van der Waals surface area contributed by atoms with Crippen LogP contribution in [0.4, 0.5) is 13.2 Å². The molecule has 1 fully saturated rings. The van der Waals surface area contributed by atoms with Gasteiger partial charge in [-0.05, 0) is 24.5 Å². The Bertz CT molecular complexity index is 1300. The Hall–Kier alpha value is -3.08. The number of alkyl halides is 3. The molecule has 0 saturated carbocycles. The largest absolute Gasteiger partial charge is 0.407 e. The summed E-state index contributed by atoms with van der Waals surface area (Å²) in [5, 5.41) is 9.48. The maximum absolute atomic E-state index is 14.3. The Morgan fingerprint density at radius 3 is 2.47 bits per heavy atom. The summed E-state index contributed by atoms with van der Waals surface area (Å²) < 4.78 is 53.5. The maximum atomic E-state index is 14.3. The summed E-state index contributed by atoms with van der Waals surface area (Å²) in [5.41, 5.74) is 1.82. The van der Waals surface area contributed by atoms with Crippen molar-refractivity contribution < 1.29 is 22.4 Å². The summed E-state index contributed by atoms with van der Waals surface area (Å²) in [5.74, 6) is 0.605. The van der Waals surface area contributed by atoms with Crippen molar-refractivity contribution in [3.8, 4) is 22.6 Å². The molecule has 0 radical (unpaired) electrons. The minimum absolute atomic E-state index is 0.0915. The van der Waals surface area contributed by atoms with Gasteiger partial charge in [0.1, 0.15) is 11.0 Å². The molecule has 1 aliphatic rings. The second-order valence-electron chi connectivity index (χ2n) is 8.91. The van der Waals surface area contributed by atoms with Gasteiger partial charge in [0.2, 0.25) is 11.7 Å². The first-order valence-electron chi connectivity index (χ1n) is 11.6. The van der Waals surface area contributed by atoms with Crippen LogP contribution in [0.3, 0.4) is 0 Å². The van der Waals surface area contributed by atoms with Crippen molar-refractivity contribution in [2.24, 2.45) is 0 Å². The Morgan fingerprint density at radius 2 is 1.78 bits per heavy atom. The van der Waals surface area contributed by atoms with Crippen LogP contribution in [-0.2, 0) is 10.2 Å². The van der Waals surface area contributed by atoms with E-state index in [1.54, 1.807) is 19.1 Å². The molecule has 1 atom stereocenters. The van der Waals surface area contributed by atoms with Gasteiger partial charge in [0, 0.05) is 48.6 Å². The number of ether oxygens (including phenoxy) is 1. The molecule has 36 heavy (non-hydrogen) atoms. The number of nitrogens with one attached hydrogen (secondary N) is 1. The normalized spacial score (nSPS) is 16.7. The molecule has 2 aromatic carbocycles. The number of benzene rings is 2. The molecule has 2 aromatic heterocycles. The molecule has 188 valence electrons. The summed E-state index contributed by atoms with van der Waals surface area (Å²) in [6.45, 7) is 2.71. The molecular formula is C26H25F3N4O2S. The van der Waals surface area contributed by atoms with Crippen molar-refractivity contribution in [1.29, 1.82) is 0 Å². The highest BCUT2D eigenvalue weighted by molar-refractivity contribution is 7.10. The van der Waals surface area contributed by atoms with E-state index in [4.69, 9.17) is 14.2 Å². The Balaban J connectivity index is 1.43. The fraction of sp³-hybridized carbons (Fsp3) is 0.346. The molecule has 1 N–H and O–H groups in total. The third-order valence-electron chi connectivity index (χ3n) is 6.45. The number of aromatic nitrogens is 3. The molecular weight excluding hydrogens is 489 g/mol. The highest BCUT2D eigenvalue weighted by Crippen LogP contribution is 2.40. The van der Waals surface area contributed by atoms with Crippen LogP contribution in [0.15, 0.2) is 64.5 Å². The van der Waals surface area contributed by atoms with Crippen molar-refractivity contribution in [2.45, 2.75) is 37.4 Å². The quantitative estimate of drug-likeness (QED) is 0.321. The molecule has 1 saturated heterocycles. The Kier molecular flexibility index (Phi) is 6.92. The summed E-state index contributed by atoms with van der Waals surface area (Å²) in [4.78, 5) is 9.00. The van der Waals surface area contributed by atoms with Gasteiger partial charge in [-0.15, -0.1) is 11.3 Å². The van der Waals surface area contributed by atoms with Gasteiger partial charge in [0.25, 0.3) is 0 Å². The van der Waals surface area contributed by atoms with Crippen LogP contribution < -0.4 is 5.32 Å². The number of hydrogen-bond acceptors (Lipinski definition) is 7. The van der Waals surface area contributed by atoms with Crippen LogP contribution in [-0.4, -0.2) is 41.1 Å². The first-order chi connectivity index (χ1) is 17.3. The number of halogens is 3. The first-order valence-corrected chi connectivity index (χ1v) is 12.5. The van der Waals surface area contributed by atoms with Crippen molar-refractivity contribution in [3.63, 3.8) is 0 Å². The lowest BCUT2D eigenvalue weighted by atomic mass is 9.80. The molecule has 0 aliphatic carbocycles. The maximum Gasteiger partial charge on any atom is 0.407 e. The predicted octanol–water partition coefficient (Wildman–Crippen LogP) is 6.11. The predicted molar refractivity (Wildman–Crippen MR) is 131 cm³/mol. The lowest BCUT2D eigenvalue weighted by Crippen LogP contribution is -2.46. The lowest BCUT2D eigenvalue weighted by molar-refractivity contribution is -0.158. The van der Waals surface area contributed by atoms with Crippen molar-refractivity contribution in [3.05, 3.63) is 76.4 Å². The van der Waals surface area contributed by atoms with Crippen LogP contribution in [0.1, 0.15) is 35.3 Å². The topological polar surface area (TPSA) is 73.1 Å². The number of aryl methyl sites for hydroxylation is 1. The minimum Gasteiger partial charge on any atom is -0.381 e. The molecule has 1 unspecified atom stereocenters. The van der Waals surface area contributed by atoms with E-state index in [0.29, 0.717) is 37.5 Å². The molecule has 1 aliphatic heterocycles. The molecule has 0 amide bonds. The summed E-state index contributed by atoms with van der Waals surface area (Å²) in [6.07, 6.45) is -3.32. The Labute approximate surface area is 210 Å². The van der Waals surface area contributed by atoms with Gasteiger partial charge >= 0.3 is 6.18 Å². The highest BCUT2D eigenvalue weighted by atomic mass is 32.1. The van der Waals surface area contributed by atoms with Gasteiger partial charge in [-0.3, -0.25) is 0 Å². The molecule has 3 heterocycles.